The molecule has 5 heteroatoms. The first-order valence-corrected chi connectivity index (χ1v) is 5.86. The van der Waals surface area contributed by atoms with Gasteiger partial charge >= 0.3 is 0 Å². The maximum Gasteiger partial charge on any atom is 0.195 e. The molecule has 0 aliphatic rings. The summed E-state index contributed by atoms with van der Waals surface area (Å²) in [4.78, 5) is 0.0830. The number of benzene rings is 1. The second kappa shape index (κ2) is 3.41. The van der Waals surface area contributed by atoms with Crippen LogP contribution in [0.4, 0.5) is 0 Å². The van der Waals surface area contributed by atoms with E-state index in [-0.39, 0.29) is 4.90 Å². The number of furan rings is 1. The van der Waals surface area contributed by atoms with Gasteiger partial charge in [-0.05, 0) is 12.1 Å². The first kappa shape index (κ1) is 9.74. The van der Waals surface area contributed by atoms with Crippen LogP contribution >= 0.6 is 0 Å². The molecule has 0 aliphatic heterocycles. The van der Waals surface area contributed by atoms with E-state index in [1.165, 1.54) is 6.26 Å². The summed E-state index contributed by atoms with van der Waals surface area (Å²) in [5.41, 5.74) is 0.508. The number of nitriles is 1. The molecule has 0 saturated heterocycles. The molecule has 0 fully saturated rings. The maximum atomic E-state index is 11.6. The molecule has 0 aliphatic carbocycles. The average Bonchev–Trinajstić information content (AvgIpc) is 2.61. The van der Waals surface area contributed by atoms with E-state index in [1.807, 2.05) is 0 Å². The molecule has 15 heavy (non-hydrogen) atoms. The molecule has 2 aromatic rings. The Labute approximate surface area is 86.7 Å². The molecule has 0 radical (unpaired) electrons. The predicted octanol–water partition coefficient (Wildman–Crippen LogP) is 1.73. The fraction of sp³-hybridized carbons (Fsp3) is 0.100. The van der Waals surface area contributed by atoms with Gasteiger partial charge < -0.3 is 4.42 Å². The van der Waals surface area contributed by atoms with Gasteiger partial charge in [-0.2, -0.15) is 5.26 Å². The van der Waals surface area contributed by atoms with Gasteiger partial charge in [0.25, 0.3) is 0 Å². The van der Waals surface area contributed by atoms with Crippen molar-refractivity contribution in [2.45, 2.75) is 4.90 Å². The van der Waals surface area contributed by atoms with E-state index in [0.717, 1.165) is 0 Å². The Balaban J connectivity index is 2.69. The Morgan fingerprint density at radius 1 is 1.33 bits per heavy atom. The summed E-state index contributed by atoms with van der Waals surface area (Å²) in [5, 5.41) is 8.93. The van der Waals surface area contributed by atoms with Crippen LogP contribution in [0.2, 0.25) is 0 Å². The highest BCUT2D eigenvalue weighted by molar-refractivity contribution is 7.91. The van der Waals surface area contributed by atoms with Crippen molar-refractivity contribution in [2.75, 3.05) is 5.75 Å². The predicted molar refractivity (Wildman–Crippen MR) is 53.9 cm³/mol. The highest BCUT2D eigenvalue weighted by Crippen LogP contribution is 2.25. The van der Waals surface area contributed by atoms with Crippen molar-refractivity contribution in [1.82, 2.24) is 0 Å². The normalized spacial score (nSPS) is 11.4. The summed E-state index contributed by atoms with van der Waals surface area (Å²) in [5.74, 6) is -0.531. The Kier molecular flexibility index (Phi) is 2.21. The van der Waals surface area contributed by atoms with Crippen LogP contribution in [0.1, 0.15) is 0 Å². The Morgan fingerprint density at radius 3 is 2.80 bits per heavy atom. The molecule has 0 bridgehead atoms. The fourth-order valence-corrected chi connectivity index (χ4v) is 2.38. The number of hydrogen-bond donors (Lipinski definition) is 0. The minimum absolute atomic E-state index is 0.0830. The Morgan fingerprint density at radius 2 is 2.07 bits per heavy atom. The quantitative estimate of drug-likeness (QED) is 0.774. The lowest BCUT2D eigenvalue weighted by atomic mass is 10.3. The number of fused-ring (bicyclic) bond motifs is 1. The third kappa shape index (κ3) is 1.60. The van der Waals surface area contributed by atoms with Crippen LogP contribution in [0.5, 0.6) is 0 Å². The number of nitrogens with zero attached hydrogens (tertiary/aromatic N) is 1. The minimum Gasteiger partial charge on any atom is -0.463 e. The van der Waals surface area contributed by atoms with Gasteiger partial charge in [-0.15, -0.1) is 0 Å². The van der Waals surface area contributed by atoms with Crippen LogP contribution in [0.3, 0.4) is 0 Å². The van der Waals surface area contributed by atoms with E-state index in [0.29, 0.717) is 11.0 Å². The van der Waals surface area contributed by atoms with Crippen molar-refractivity contribution < 1.29 is 12.8 Å². The van der Waals surface area contributed by atoms with E-state index >= 15 is 0 Å². The molecule has 4 nitrogen and oxygen atoms in total. The minimum atomic E-state index is -3.55. The molecule has 0 amide bonds. The lowest BCUT2D eigenvalue weighted by molar-refractivity contribution is 0.586. The van der Waals surface area contributed by atoms with E-state index < -0.39 is 15.6 Å². The van der Waals surface area contributed by atoms with Crippen molar-refractivity contribution in [1.29, 1.82) is 5.26 Å². The summed E-state index contributed by atoms with van der Waals surface area (Å²) in [6.07, 6.45) is 1.18. The SMILES string of the molecule is N#CCS(=O)(=O)c1coc2ccccc12. The van der Waals surface area contributed by atoms with Crippen molar-refractivity contribution in [3.63, 3.8) is 0 Å². The van der Waals surface area contributed by atoms with Gasteiger partial charge in [0.2, 0.25) is 0 Å². The standard InChI is InChI=1S/C10H7NO3S/c11-5-6-15(12,13)10-7-14-9-4-2-1-3-8(9)10/h1-4,7H,6H2. The molecule has 1 heterocycles. The largest absolute Gasteiger partial charge is 0.463 e. The molecule has 0 atom stereocenters. The summed E-state index contributed by atoms with van der Waals surface area (Å²) in [6.45, 7) is 0. The number of sulfone groups is 1. The van der Waals surface area contributed by atoms with Gasteiger partial charge in [0.05, 0.1) is 6.07 Å². The summed E-state index contributed by atoms with van der Waals surface area (Å²) >= 11 is 0. The van der Waals surface area contributed by atoms with E-state index in [2.05, 4.69) is 0 Å². The van der Waals surface area contributed by atoms with Crippen LogP contribution in [0.15, 0.2) is 39.8 Å². The van der Waals surface area contributed by atoms with Gasteiger partial charge in [0.1, 0.15) is 22.5 Å². The number of hydrogen-bond acceptors (Lipinski definition) is 4. The van der Waals surface area contributed by atoms with E-state index in [1.54, 1.807) is 30.3 Å². The zero-order valence-electron chi connectivity index (χ0n) is 7.67. The second-order valence-corrected chi connectivity index (χ2v) is 4.97. The summed E-state index contributed by atoms with van der Waals surface area (Å²) < 4.78 is 28.3. The number of rotatable bonds is 2. The molecule has 1 aromatic heterocycles. The van der Waals surface area contributed by atoms with Gasteiger partial charge in [0, 0.05) is 5.39 Å². The maximum absolute atomic E-state index is 11.6. The van der Waals surface area contributed by atoms with Gasteiger partial charge in [0.15, 0.2) is 9.84 Å². The molecular weight excluding hydrogens is 214 g/mol. The number of para-hydroxylation sites is 1. The first-order valence-electron chi connectivity index (χ1n) is 4.21. The van der Waals surface area contributed by atoms with Crippen molar-refractivity contribution >= 4 is 20.8 Å². The monoisotopic (exact) mass is 221 g/mol. The molecule has 0 unspecified atom stereocenters. The summed E-state index contributed by atoms with van der Waals surface area (Å²) in [7, 11) is -3.55. The second-order valence-electron chi connectivity index (χ2n) is 3.01. The lowest BCUT2D eigenvalue weighted by Gasteiger charge is -1.94. The van der Waals surface area contributed by atoms with Crippen molar-refractivity contribution in [3.05, 3.63) is 30.5 Å². The average molecular weight is 221 g/mol. The Hall–Kier alpha value is -1.80. The third-order valence-electron chi connectivity index (χ3n) is 2.04. The van der Waals surface area contributed by atoms with E-state index in [4.69, 9.17) is 9.68 Å². The Bertz CT molecular complexity index is 634. The molecule has 76 valence electrons. The third-order valence-corrected chi connectivity index (χ3v) is 3.53. The molecule has 0 saturated carbocycles. The van der Waals surface area contributed by atoms with Gasteiger partial charge in [-0.3, -0.25) is 0 Å². The molecule has 0 spiro atoms. The molecule has 0 N–H and O–H groups in total. The topological polar surface area (TPSA) is 71.1 Å². The first-order chi connectivity index (χ1) is 7.15. The zero-order chi connectivity index (χ0) is 10.9. The molecular formula is C10H7NO3S. The van der Waals surface area contributed by atoms with Gasteiger partial charge in [-0.25, -0.2) is 8.42 Å². The van der Waals surface area contributed by atoms with Crippen LogP contribution in [-0.2, 0) is 9.84 Å². The van der Waals surface area contributed by atoms with Crippen LogP contribution in [0.25, 0.3) is 11.0 Å². The smallest absolute Gasteiger partial charge is 0.195 e. The zero-order valence-corrected chi connectivity index (χ0v) is 8.49. The summed E-state index contributed by atoms with van der Waals surface area (Å²) in [6, 6.07) is 8.45. The van der Waals surface area contributed by atoms with Crippen molar-refractivity contribution in [2.24, 2.45) is 0 Å². The van der Waals surface area contributed by atoms with Crippen molar-refractivity contribution in [3.8, 4) is 6.07 Å². The molecule has 2 rings (SSSR count). The highest BCUT2D eigenvalue weighted by Gasteiger charge is 2.19. The van der Waals surface area contributed by atoms with Gasteiger partial charge in [-0.1, -0.05) is 12.1 Å². The fourth-order valence-electron chi connectivity index (χ4n) is 1.36. The highest BCUT2D eigenvalue weighted by atomic mass is 32.2. The molecule has 1 aromatic carbocycles. The van der Waals surface area contributed by atoms with Crippen LogP contribution in [-0.4, -0.2) is 14.2 Å². The van der Waals surface area contributed by atoms with Crippen LogP contribution in [0, 0.1) is 11.3 Å². The van der Waals surface area contributed by atoms with E-state index in [9.17, 15) is 8.42 Å². The lowest BCUT2D eigenvalue weighted by Crippen LogP contribution is -2.03. The van der Waals surface area contributed by atoms with Crippen LogP contribution < -0.4 is 0 Å².